The molecule has 0 aromatic carbocycles. The van der Waals surface area contributed by atoms with Crippen LogP contribution in [0.25, 0.3) is 0 Å². The standard InChI is InChI=1S/C19H30O7S/c1-19(2)24-13-17(25-19)15-10-8-11-16(26-27(3,22)23)14(15)9-6-4-5-7-12-18(20)21/h4,6,10,14,16-17H,5,7-9,11-13H2,1-3H3,(H,20,21)/t14-,16+,17?/m1/s1. The molecule has 0 aromatic heterocycles. The van der Waals surface area contributed by atoms with Gasteiger partial charge in [-0.3, -0.25) is 8.98 Å². The van der Waals surface area contributed by atoms with Crippen LogP contribution in [0.3, 0.4) is 0 Å². The van der Waals surface area contributed by atoms with Gasteiger partial charge in [-0.2, -0.15) is 8.42 Å². The van der Waals surface area contributed by atoms with E-state index in [2.05, 4.69) is 6.08 Å². The van der Waals surface area contributed by atoms with Crippen molar-refractivity contribution in [3.05, 3.63) is 23.8 Å². The molecule has 7 nitrogen and oxygen atoms in total. The summed E-state index contributed by atoms with van der Waals surface area (Å²) < 4.78 is 40.4. The molecule has 1 heterocycles. The molecule has 0 amide bonds. The normalized spacial score (nSPS) is 28.4. The van der Waals surface area contributed by atoms with Gasteiger partial charge in [-0.1, -0.05) is 18.2 Å². The molecule has 154 valence electrons. The Kier molecular flexibility index (Phi) is 7.62. The van der Waals surface area contributed by atoms with Crippen molar-refractivity contribution in [2.45, 2.75) is 70.4 Å². The molecule has 0 radical (unpaired) electrons. The molecule has 0 spiro atoms. The average Bonchev–Trinajstić information content (AvgIpc) is 2.90. The first-order valence-corrected chi connectivity index (χ1v) is 11.2. The van der Waals surface area contributed by atoms with Crippen LogP contribution in [-0.4, -0.2) is 50.4 Å². The molecule has 1 N–H and O–H groups in total. The van der Waals surface area contributed by atoms with E-state index in [1.807, 2.05) is 26.0 Å². The van der Waals surface area contributed by atoms with Crippen molar-refractivity contribution in [3.8, 4) is 0 Å². The number of hydrogen-bond donors (Lipinski definition) is 1. The fraction of sp³-hybridized carbons (Fsp3) is 0.737. The first-order valence-electron chi connectivity index (χ1n) is 9.34. The molecular weight excluding hydrogens is 372 g/mol. The van der Waals surface area contributed by atoms with Gasteiger partial charge in [0.1, 0.15) is 6.10 Å². The minimum atomic E-state index is -3.56. The minimum Gasteiger partial charge on any atom is -0.481 e. The molecule has 0 aromatic rings. The molecule has 1 aliphatic carbocycles. The maximum Gasteiger partial charge on any atom is 0.303 e. The van der Waals surface area contributed by atoms with Crippen LogP contribution in [-0.2, 0) is 28.6 Å². The van der Waals surface area contributed by atoms with Crippen molar-refractivity contribution in [2.24, 2.45) is 5.92 Å². The van der Waals surface area contributed by atoms with Crippen molar-refractivity contribution >= 4 is 16.1 Å². The van der Waals surface area contributed by atoms with Crippen molar-refractivity contribution < 1.29 is 32.0 Å². The highest BCUT2D eigenvalue weighted by Gasteiger charge is 2.40. The number of carboxylic acid groups (broad SMARTS) is 1. The van der Waals surface area contributed by atoms with Crippen molar-refractivity contribution in [3.63, 3.8) is 0 Å². The second-order valence-corrected chi connectivity index (χ2v) is 9.14. The van der Waals surface area contributed by atoms with Crippen LogP contribution in [0, 0.1) is 5.92 Å². The van der Waals surface area contributed by atoms with Crippen LogP contribution in [0.2, 0.25) is 0 Å². The van der Waals surface area contributed by atoms with Gasteiger partial charge in [0.25, 0.3) is 10.1 Å². The Morgan fingerprint density at radius 2 is 2.15 bits per heavy atom. The third-order valence-corrected chi connectivity index (χ3v) is 5.30. The largest absolute Gasteiger partial charge is 0.481 e. The average molecular weight is 403 g/mol. The highest BCUT2D eigenvalue weighted by atomic mass is 32.2. The topological polar surface area (TPSA) is 99.1 Å². The van der Waals surface area contributed by atoms with Gasteiger partial charge in [0.05, 0.1) is 19.0 Å². The second-order valence-electron chi connectivity index (χ2n) is 7.54. The van der Waals surface area contributed by atoms with Crippen LogP contribution in [0.4, 0.5) is 0 Å². The lowest BCUT2D eigenvalue weighted by molar-refractivity contribution is -0.137. The van der Waals surface area contributed by atoms with Gasteiger partial charge in [-0.25, -0.2) is 0 Å². The van der Waals surface area contributed by atoms with E-state index in [1.165, 1.54) is 0 Å². The smallest absolute Gasteiger partial charge is 0.303 e. The summed E-state index contributed by atoms with van der Waals surface area (Å²) in [5, 5.41) is 8.68. The maximum atomic E-state index is 11.7. The molecule has 2 rings (SSSR count). The lowest BCUT2D eigenvalue weighted by atomic mass is 9.80. The number of rotatable bonds is 9. The molecule has 3 atom stereocenters. The predicted molar refractivity (Wildman–Crippen MR) is 101 cm³/mol. The van der Waals surface area contributed by atoms with Crippen LogP contribution < -0.4 is 0 Å². The molecule has 1 saturated heterocycles. The third-order valence-electron chi connectivity index (χ3n) is 4.70. The Hall–Kier alpha value is -1.22. The highest BCUT2D eigenvalue weighted by molar-refractivity contribution is 7.86. The van der Waals surface area contributed by atoms with Crippen molar-refractivity contribution in [1.82, 2.24) is 0 Å². The molecular formula is C19H30O7S. The van der Waals surface area contributed by atoms with Crippen LogP contribution >= 0.6 is 0 Å². The lowest BCUT2D eigenvalue weighted by Gasteiger charge is -2.33. The summed E-state index contributed by atoms with van der Waals surface area (Å²) in [6.07, 6.45) is 9.82. The SMILES string of the molecule is CC1(C)OCC(C2=CCC[C@H](OS(C)(=O)=O)[C@@H]2CC=CCCCC(=O)O)O1. The molecule has 27 heavy (non-hydrogen) atoms. The summed E-state index contributed by atoms with van der Waals surface area (Å²) >= 11 is 0. The van der Waals surface area contributed by atoms with Gasteiger partial charge >= 0.3 is 5.97 Å². The Morgan fingerprint density at radius 1 is 1.41 bits per heavy atom. The lowest BCUT2D eigenvalue weighted by Crippen LogP contribution is -2.35. The highest BCUT2D eigenvalue weighted by Crippen LogP contribution is 2.38. The Morgan fingerprint density at radius 3 is 2.74 bits per heavy atom. The molecule has 0 saturated carbocycles. The van der Waals surface area contributed by atoms with Crippen LogP contribution in [0.1, 0.15) is 52.4 Å². The fourth-order valence-electron chi connectivity index (χ4n) is 3.56. The van der Waals surface area contributed by atoms with E-state index in [1.54, 1.807) is 0 Å². The maximum absolute atomic E-state index is 11.7. The Bertz CT molecular complexity index is 678. The number of allylic oxidation sites excluding steroid dienone is 3. The van der Waals surface area contributed by atoms with E-state index in [-0.39, 0.29) is 18.4 Å². The van der Waals surface area contributed by atoms with E-state index < -0.39 is 28.0 Å². The van der Waals surface area contributed by atoms with Gasteiger partial charge in [0, 0.05) is 12.3 Å². The molecule has 1 unspecified atom stereocenters. The van der Waals surface area contributed by atoms with E-state index >= 15 is 0 Å². The summed E-state index contributed by atoms with van der Waals surface area (Å²) in [6.45, 7) is 4.15. The van der Waals surface area contributed by atoms with Gasteiger partial charge in [-0.15, -0.1) is 0 Å². The van der Waals surface area contributed by atoms with Gasteiger partial charge in [-0.05, 0) is 51.5 Å². The summed E-state index contributed by atoms with van der Waals surface area (Å²) in [7, 11) is -3.56. The summed E-state index contributed by atoms with van der Waals surface area (Å²) in [5.41, 5.74) is 1.02. The first kappa shape index (κ1) is 22.1. The summed E-state index contributed by atoms with van der Waals surface area (Å²) in [4.78, 5) is 10.6. The van der Waals surface area contributed by atoms with E-state index in [0.29, 0.717) is 32.3 Å². The molecule has 2 aliphatic rings. The van der Waals surface area contributed by atoms with Gasteiger partial charge in [0.15, 0.2) is 5.79 Å². The first-order chi connectivity index (χ1) is 12.6. The molecule has 0 bridgehead atoms. The number of carbonyl (C=O) groups is 1. The zero-order valence-corrected chi connectivity index (χ0v) is 17.0. The summed E-state index contributed by atoms with van der Waals surface area (Å²) in [6, 6.07) is 0. The molecule has 1 aliphatic heterocycles. The zero-order valence-electron chi connectivity index (χ0n) is 16.2. The minimum absolute atomic E-state index is 0.119. The zero-order chi connectivity index (χ0) is 20.1. The number of ether oxygens (including phenoxy) is 2. The number of aliphatic carboxylic acids is 1. The summed E-state index contributed by atoms with van der Waals surface area (Å²) in [5.74, 6) is -1.58. The quantitative estimate of drug-likeness (QED) is 0.359. The second kappa shape index (κ2) is 9.32. The van der Waals surface area contributed by atoms with E-state index in [0.717, 1.165) is 18.2 Å². The number of unbranched alkanes of at least 4 members (excludes halogenated alkanes) is 1. The Balaban J connectivity index is 2.07. The van der Waals surface area contributed by atoms with Crippen LogP contribution in [0.5, 0.6) is 0 Å². The van der Waals surface area contributed by atoms with Gasteiger partial charge in [0.2, 0.25) is 0 Å². The molecule has 8 heteroatoms. The third kappa shape index (κ3) is 7.37. The monoisotopic (exact) mass is 402 g/mol. The predicted octanol–water partition coefficient (Wildman–Crippen LogP) is 3.02. The Labute approximate surface area is 161 Å². The van der Waals surface area contributed by atoms with Crippen LogP contribution in [0.15, 0.2) is 23.8 Å². The van der Waals surface area contributed by atoms with Crippen molar-refractivity contribution in [2.75, 3.05) is 12.9 Å². The van der Waals surface area contributed by atoms with E-state index in [4.69, 9.17) is 18.8 Å². The van der Waals surface area contributed by atoms with E-state index in [9.17, 15) is 13.2 Å². The number of hydrogen-bond acceptors (Lipinski definition) is 6. The molecule has 1 fully saturated rings. The fourth-order valence-corrected chi connectivity index (χ4v) is 4.24. The van der Waals surface area contributed by atoms with Gasteiger partial charge < -0.3 is 14.6 Å². The van der Waals surface area contributed by atoms with Crippen molar-refractivity contribution in [1.29, 1.82) is 0 Å². The number of carboxylic acids is 1.